The summed E-state index contributed by atoms with van der Waals surface area (Å²) in [5.74, 6) is 0.800. The highest BCUT2D eigenvalue weighted by Crippen LogP contribution is 2.30. The van der Waals surface area contributed by atoms with E-state index in [1.54, 1.807) is 7.11 Å². The van der Waals surface area contributed by atoms with Crippen molar-refractivity contribution >= 4 is 13.3 Å². The largest absolute Gasteiger partial charge is 0.504 e. The summed E-state index contributed by atoms with van der Waals surface area (Å²) in [6.45, 7) is 11.5. The normalized spacial score (nSPS) is 12.6. The summed E-state index contributed by atoms with van der Waals surface area (Å²) in [7, 11) is 0.0784. The third-order valence-corrected chi connectivity index (χ3v) is 6.75. The van der Waals surface area contributed by atoms with Crippen LogP contribution in [0.3, 0.4) is 0 Å². The maximum Gasteiger partial charge on any atom is 0.160 e. The zero-order valence-electron chi connectivity index (χ0n) is 11.8. The highest BCUT2D eigenvalue weighted by Gasteiger charge is 2.29. The molecule has 0 saturated heterocycles. The second-order valence-corrected chi connectivity index (χ2v) is 11.2. The molecular formula is C14H24O2Si. The van der Waals surface area contributed by atoms with Crippen molar-refractivity contribution in [2.24, 2.45) is 5.41 Å². The average Bonchev–Trinajstić information content (AvgIpc) is 2.13. The molecule has 1 N–H and O–H groups in total. The first-order valence-electron chi connectivity index (χ1n) is 6.03. The molecule has 2 nitrogen and oxygen atoms in total. The lowest BCUT2D eigenvalue weighted by Crippen LogP contribution is -2.44. The van der Waals surface area contributed by atoms with E-state index in [2.05, 4.69) is 39.9 Å². The molecule has 0 saturated carbocycles. The van der Waals surface area contributed by atoms with Gasteiger partial charge in [-0.3, -0.25) is 0 Å². The summed E-state index contributed by atoms with van der Waals surface area (Å²) >= 11 is 0. The number of phenols is 1. The highest BCUT2D eigenvalue weighted by atomic mass is 28.3. The van der Waals surface area contributed by atoms with Gasteiger partial charge in [-0.1, -0.05) is 45.1 Å². The third-order valence-electron chi connectivity index (χ3n) is 2.93. The fourth-order valence-corrected chi connectivity index (χ4v) is 6.46. The number of rotatable bonds is 3. The first kappa shape index (κ1) is 14.1. The molecule has 17 heavy (non-hydrogen) atoms. The van der Waals surface area contributed by atoms with E-state index < -0.39 is 8.07 Å². The Bertz CT molecular complexity index is 392. The van der Waals surface area contributed by atoms with Gasteiger partial charge in [-0.2, -0.15) is 0 Å². The molecule has 0 heterocycles. The highest BCUT2D eigenvalue weighted by molar-refractivity contribution is 6.89. The first-order valence-corrected chi connectivity index (χ1v) is 9.24. The van der Waals surface area contributed by atoms with Crippen molar-refractivity contribution in [1.29, 1.82) is 0 Å². The molecule has 1 rings (SSSR count). The Morgan fingerprint density at radius 2 is 1.82 bits per heavy atom. The quantitative estimate of drug-likeness (QED) is 0.836. The zero-order valence-corrected chi connectivity index (χ0v) is 12.8. The van der Waals surface area contributed by atoms with E-state index >= 15 is 0 Å². The number of phenolic OH excluding ortho intramolecular Hbond substituents is 1. The van der Waals surface area contributed by atoms with E-state index in [-0.39, 0.29) is 5.75 Å². The van der Waals surface area contributed by atoms with Crippen LogP contribution in [0.15, 0.2) is 18.2 Å². The van der Waals surface area contributed by atoms with Crippen LogP contribution in [0.4, 0.5) is 0 Å². The Morgan fingerprint density at radius 3 is 2.24 bits per heavy atom. The minimum Gasteiger partial charge on any atom is -0.504 e. The van der Waals surface area contributed by atoms with Gasteiger partial charge in [0.05, 0.1) is 15.2 Å². The van der Waals surface area contributed by atoms with Gasteiger partial charge < -0.3 is 9.84 Å². The number of ether oxygens (including phenoxy) is 1. The van der Waals surface area contributed by atoms with Crippen molar-refractivity contribution in [3.63, 3.8) is 0 Å². The van der Waals surface area contributed by atoms with Crippen LogP contribution in [-0.4, -0.2) is 20.3 Å². The minimum atomic E-state index is -1.50. The van der Waals surface area contributed by atoms with Crippen LogP contribution in [0.5, 0.6) is 11.5 Å². The van der Waals surface area contributed by atoms with Gasteiger partial charge in [-0.05, 0) is 23.6 Å². The average molecular weight is 252 g/mol. The van der Waals surface area contributed by atoms with E-state index in [1.165, 1.54) is 11.2 Å². The fraction of sp³-hybridized carbons (Fsp3) is 0.571. The molecule has 0 fully saturated rings. The van der Waals surface area contributed by atoms with Crippen molar-refractivity contribution in [1.82, 2.24) is 0 Å². The van der Waals surface area contributed by atoms with Crippen LogP contribution in [0.1, 0.15) is 20.8 Å². The first-order chi connectivity index (χ1) is 7.65. The molecule has 1 aromatic carbocycles. The number of aromatic hydroxyl groups is 1. The fourth-order valence-electron chi connectivity index (χ4n) is 2.54. The van der Waals surface area contributed by atoms with Crippen LogP contribution in [0, 0.1) is 5.41 Å². The number of hydrogen-bond acceptors (Lipinski definition) is 2. The molecule has 0 atom stereocenters. The zero-order chi connectivity index (χ0) is 13.3. The minimum absolute atomic E-state index is 0.250. The van der Waals surface area contributed by atoms with Crippen molar-refractivity contribution in [3.05, 3.63) is 18.2 Å². The van der Waals surface area contributed by atoms with Crippen molar-refractivity contribution in [2.75, 3.05) is 7.11 Å². The molecule has 0 aliphatic carbocycles. The number of methoxy groups -OCH3 is 1. The number of benzene rings is 1. The molecule has 3 heteroatoms. The Balaban J connectivity index is 3.03. The molecule has 0 aromatic heterocycles. The Labute approximate surface area is 106 Å². The topological polar surface area (TPSA) is 29.5 Å². The Kier molecular flexibility index (Phi) is 3.92. The maximum atomic E-state index is 9.85. The van der Waals surface area contributed by atoms with Gasteiger partial charge in [0.25, 0.3) is 0 Å². The van der Waals surface area contributed by atoms with Crippen molar-refractivity contribution in [3.8, 4) is 11.5 Å². The van der Waals surface area contributed by atoms with Crippen molar-refractivity contribution in [2.45, 2.75) is 39.9 Å². The number of hydrogen-bond donors (Lipinski definition) is 1. The third kappa shape index (κ3) is 3.77. The summed E-state index contributed by atoms with van der Waals surface area (Å²) < 4.78 is 5.08. The van der Waals surface area contributed by atoms with Crippen LogP contribution in [-0.2, 0) is 0 Å². The lowest BCUT2D eigenvalue weighted by atomic mass is 10.0. The lowest BCUT2D eigenvalue weighted by Gasteiger charge is -2.31. The van der Waals surface area contributed by atoms with Gasteiger partial charge in [0.1, 0.15) is 0 Å². The van der Waals surface area contributed by atoms with Gasteiger partial charge in [0, 0.05) is 0 Å². The molecule has 0 spiro atoms. The molecule has 1 aromatic rings. The summed E-state index contributed by atoms with van der Waals surface area (Å²) in [6, 6.07) is 7.03. The molecular weight excluding hydrogens is 228 g/mol. The Morgan fingerprint density at radius 1 is 1.24 bits per heavy atom. The van der Waals surface area contributed by atoms with Gasteiger partial charge >= 0.3 is 0 Å². The van der Waals surface area contributed by atoms with Crippen molar-refractivity contribution < 1.29 is 9.84 Å². The van der Waals surface area contributed by atoms with E-state index in [9.17, 15) is 5.11 Å². The maximum absolute atomic E-state index is 9.85. The second kappa shape index (κ2) is 4.73. The summed E-state index contributed by atoms with van der Waals surface area (Å²) in [6.07, 6.45) is 0. The van der Waals surface area contributed by atoms with E-state index in [0.717, 1.165) is 0 Å². The van der Waals surface area contributed by atoms with Gasteiger partial charge in [0.2, 0.25) is 0 Å². The monoisotopic (exact) mass is 252 g/mol. The summed E-state index contributed by atoms with van der Waals surface area (Å²) in [4.78, 5) is 0. The standard InChI is InChI=1S/C14H24O2Si/c1-14(2,3)10-17(5,6)11-7-8-13(16-4)12(15)9-11/h7-9,15H,10H2,1-6H3. The predicted molar refractivity (Wildman–Crippen MR) is 76.0 cm³/mol. The van der Waals surface area contributed by atoms with Gasteiger partial charge in [-0.15, -0.1) is 0 Å². The van der Waals surface area contributed by atoms with Gasteiger partial charge in [-0.25, -0.2) is 0 Å². The Hall–Kier alpha value is -0.963. The molecule has 0 aliphatic heterocycles. The summed E-state index contributed by atoms with van der Waals surface area (Å²) in [5, 5.41) is 11.1. The molecule has 0 amide bonds. The molecule has 96 valence electrons. The van der Waals surface area contributed by atoms with E-state index in [1.807, 2.05) is 12.1 Å². The van der Waals surface area contributed by atoms with Crippen LogP contribution in [0.25, 0.3) is 0 Å². The predicted octanol–water partition coefficient (Wildman–Crippen LogP) is 3.36. The van der Waals surface area contributed by atoms with Gasteiger partial charge in [0.15, 0.2) is 11.5 Å². The van der Waals surface area contributed by atoms with E-state index in [4.69, 9.17) is 4.74 Å². The van der Waals surface area contributed by atoms with E-state index in [0.29, 0.717) is 11.2 Å². The smallest absolute Gasteiger partial charge is 0.160 e. The second-order valence-electron chi connectivity index (χ2n) is 6.51. The molecule has 0 radical (unpaired) electrons. The lowest BCUT2D eigenvalue weighted by molar-refractivity contribution is 0.374. The summed E-state index contributed by atoms with van der Waals surface area (Å²) in [5.41, 5.74) is 0.325. The van der Waals surface area contributed by atoms with Crippen LogP contribution >= 0.6 is 0 Å². The van der Waals surface area contributed by atoms with Crippen LogP contribution in [0.2, 0.25) is 19.1 Å². The SMILES string of the molecule is COc1ccc([Si](C)(C)CC(C)(C)C)cc1O. The molecule has 0 unspecified atom stereocenters. The molecule has 0 aliphatic rings. The molecule has 0 bridgehead atoms. The van der Waals surface area contributed by atoms with Crippen LogP contribution < -0.4 is 9.92 Å².